The number of hydrogen-bond donors (Lipinski definition) is 1. The number of hydrogen-bond acceptors (Lipinski definition) is 3. The molecular formula is C11H10BrFN2O2S. The van der Waals surface area contributed by atoms with Crippen LogP contribution in [0.3, 0.4) is 0 Å². The van der Waals surface area contributed by atoms with Crippen molar-refractivity contribution in [3.05, 3.63) is 27.2 Å². The highest BCUT2D eigenvalue weighted by molar-refractivity contribution is 9.10. The molecule has 0 atom stereocenters. The van der Waals surface area contributed by atoms with Gasteiger partial charge >= 0.3 is 5.97 Å². The van der Waals surface area contributed by atoms with Crippen LogP contribution in [0.15, 0.2) is 16.6 Å². The number of halogens is 2. The first-order valence-corrected chi connectivity index (χ1v) is 6.46. The van der Waals surface area contributed by atoms with Gasteiger partial charge in [-0.15, -0.1) is 0 Å². The molecule has 0 saturated carbocycles. The van der Waals surface area contributed by atoms with Crippen molar-refractivity contribution in [1.82, 2.24) is 9.55 Å². The van der Waals surface area contributed by atoms with E-state index in [0.29, 0.717) is 26.9 Å². The normalized spacial score (nSPS) is 10.8. The van der Waals surface area contributed by atoms with Gasteiger partial charge in [0.1, 0.15) is 12.4 Å². The minimum absolute atomic E-state index is 0.0340. The Bertz CT molecular complexity index is 665. The molecule has 2 rings (SSSR count). The number of rotatable bonds is 3. The molecule has 1 aromatic carbocycles. The Morgan fingerprint density at radius 1 is 1.61 bits per heavy atom. The van der Waals surface area contributed by atoms with Crippen molar-refractivity contribution < 1.29 is 13.9 Å². The predicted octanol–water partition coefficient (Wildman–Crippen LogP) is 3.16. The summed E-state index contributed by atoms with van der Waals surface area (Å²) in [7, 11) is 0. The molecule has 0 saturated heterocycles. The van der Waals surface area contributed by atoms with E-state index in [1.807, 2.05) is 0 Å². The minimum atomic E-state index is -0.408. The lowest BCUT2D eigenvalue weighted by atomic mass is 10.3. The van der Waals surface area contributed by atoms with Gasteiger partial charge in [-0.2, -0.15) is 0 Å². The number of fused-ring (bicyclic) bond motifs is 1. The fourth-order valence-corrected chi connectivity index (χ4v) is 2.26. The van der Waals surface area contributed by atoms with E-state index in [-0.39, 0.29) is 6.54 Å². The molecule has 0 radical (unpaired) electrons. The summed E-state index contributed by atoms with van der Waals surface area (Å²) in [5, 5.41) is 0. The van der Waals surface area contributed by atoms with Crippen molar-refractivity contribution in [2.75, 3.05) is 6.61 Å². The van der Waals surface area contributed by atoms with Crippen LogP contribution < -0.4 is 0 Å². The van der Waals surface area contributed by atoms with Crippen molar-refractivity contribution >= 4 is 45.2 Å². The molecule has 1 N–H and O–H groups in total. The number of nitrogens with one attached hydrogen (secondary N) is 1. The summed E-state index contributed by atoms with van der Waals surface area (Å²) in [5.74, 6) is -0.813. The monoisotopic (exact) mass is 332 g/mol. The number of aromatic amines is 1. The van der Waals surface area contributed by atoms with Gasteiger partial charge in [-0.3, -0.25) is 4.79 Å². The van der Waals surface area contributed by atoms with Crippen molar-refractivity contribution in [3.8, 4) is 0 Å². The van der Waals surface area contributed by atoms with Gasteiger partial charge in [0.15, 0.2) is 4.77 Å². The average molecular weight is 333 g/mol. The molecule has 1 heterocycles. The lowest BCUT2D eigenvalue weighted by molar-refractivity contribution is -0.143. The zero-order chi connectivity index (χ0) is 13.3. The number of aromatic nitrogens is 2. The molecule has 0 amide bonds. The number of carbonyl (C=O) groups is 1. The number of imidazole rings is 1. The molecule has 0 aliphatic heterocycles. The second-order valence-electron chi connectivity index (χ2n) is 3.60. The minimum Gasteiger partial charge on any atom is -0.465 e. The Labute approximate surface area is 116 Å². The summed E-state index contributed by atoms with van der Waals surface area (Å²) in [6, 6.07) is 2.91. The van der Waals surface area contributed by atoms with Gasteiger partial charge in [0.25, 0.3) is 0 Å². The summed E-state index contributed by atoms with van der Waals surface area (Å²) in [5.41, 5.74) is 1.20. The van der Waals surface area contributed by atoms with E-state index < -0.39 is 11.8 Å². The van der Waals surface area contributed by atoms with Crippen LogP contribution >= 0.6 is 28.1 Å². The van der Waals surface area contributed by atoms with Crippen molar-refractivity contribution in [2.45, 2.75) is 13.5 Å². The smallest absolute Gasteiger partial charge is 0.326 e. The zero-order valence-electron chi connectivity index (χ0n) is 9.50. The fraction of sp³-hybridized carbons (Fsp3) is 0.273. The summed E-state index contributed by atoms with van der Waals surface area (Å²) in [6.45, 7) is 1.99. The Morgan fingerprint density at radius 3 is 3.00 bits per heavy atom. The molecule has 0 unspecified atom stereocenters. The van der Waals surface area contributed by atoms with Gasteiger partial charge in [0, 0.05) is 6.07 Å². The van der Waals surface area contributed by atoms with E-state index >= 15 is 0 Å². The number of nitrogens with zero attached hydrogens (tertiary/aromatic N) is 1. The first kappa shape index (κ1) is 13.2. The second-order valence-corrected chi connectivity index (χ2v) is 4.85. The number of carbonyl (C=O) groups excluding carboxylic acids is 1. The zero-order valence-corrected chi connectivity index (χ0v) is 11.9. The van der Waals surface area contributed by atoms with Gasteiger partial charge < -0.3 is 14.3 Å². The topological polar surface area (TPSA) is 47.0 Å². The van der Waals surface area contributed by atoms with Gasteiger partial charge in [0.2, 0.25) is 0 Å². The fourth-order valence-electron chi connectivity index (χ4n) is 1.64. The van der Waals surface area contributed by atoms with E-state index in [2.05, 4.69) is 20.9 Å². The molecule has 0 fully saturated rings. The molecule has 1 aromatic heterocycles. The van der Waals surface area contributed by atoms with Crippen LogP contribution in [0.2, 0.25) is 0 Å². The van der Waals surface area contributed by atoms with Gasteiger partial charge in [0.05, 0.1) is 22.1 Å². The molecule has 0 aliphatic carbocycles. The van der Waals surface area contributed by atoms with Crippen LogP contribution in [0.4, 0.5) is 4.39 Å². The van der Waals surface area contributed by atoms with E-state index in [0.717, 1.165) is 0 Å². The third-order valence-electron chi connectivity index (χ3n) is 2.41. The molecule has 96 valence electrons. The Morgan fingerprint density at radius 2 is 2.33 bits per heavy atom. The predicted molar refractivity (Wildman–Crippen MR) is 71.4 cm³/mol. The number of ether oxygens (including phenoxy) is 1. The van der Waals surface area contributed by atoms with Gasteiger partial charge in [-0.05, 0) is 41.1 Å². The molecule has 7 heteroatoms. The van der Waals surface area contributed by atoms with Gasteiger partial charge in [-0.1, -0.05) is 0 Å². The van der Waals surface area contributed by atoms with E-state index in [1.54, 1.807) is 13.0 Å². The van der Waals surface area contributed by atoms with Crippen molar-refractivity contribution in [2.24, 2.45) is 0 Å². The molecule has 4 nitrogen and oxygen atoms in total. The first-order chi connectivity index (χ1) is 8.52. The maximum absolute atomic E-state index is 13.5. The average Bonchev–Trinajstić information content (AvgIpc) is 2.57. The summed E-state index contributed by atoms with van der Waals surface area (Å²) in [6.07, 6.45) is 0. The molecule has 18 heavy (non-hydrogen) atoms. The third-order valence-corrected chi connectivity index (χ3v) is 3.34. The van der Waals surface area contributed by atoms with Crippen LogP contribution in [-0.2, 0) is 16.1 Å². The summed E-state index contributed by atoms with van der Waals surface area (Å²) >= 11 is 8.20. The molecule has 0 aliphatic rings. The SMILES string of the molecule is CCOC(=O)Cn1c(=S)[nH]c2cc(Br)c(F)cc21. The van der Waals surface area contributed by atoms with Crippen LogP contribution in [0.5, 0.6) is 0 Å². The van der Waals surface area contributed by atoms with Gasteiger partial charge in [-0.25, -0.2) is 4.39 Å². The van der Waals surface area contributed by atoms with Crippen molar-refractivity contribution in [3.63, 3.8) is 0 Å². The Hall–Kier alpha value is -1.21. The third kappa shape index (κ3) is 2.46. The summed E-state index contributed by atoms with van der Waals surface area (Å²) in [4.78, 5) is 14.4. The standard InChI is InChI=1S/C11H10BrFN2O2S/c1-2-17-10(16)5-15-9-4-7(13)6(12)3-8(9)14-11(15)18/h3-4H,2,5H2,1H3,(H,14,18). The molecular weight excluding hydrogens is 323 g/mol. The number of benzene rings is 1. The molecule has 2 aromatic rings. The second kappa shape index (κ2) is 5.19. The maximum Gasteiger partial charge on any atom is 0.326 e. The summed E-state index contributed by atoms with van der Waals surface area (Å²) < 4.78 is 20.6. The largest absolute Gasteiger partial charge is 0.465 e. The number of esters is 1. The maximum atomic E-state index is 13.5. The number of H-pyrrole nitrogens is 1. The lowest BCUT2D eigenvalue weighted by Crippen LogP contribution is -2.13. The van der Waals surface area contributed by atoms with E-state index in [9.17, 15) is 9.18 Å². The Balaban J connectivity index is 2.50. The highest BCUT2D eigenvalue weighted by Gasteiger charge is 2.12. The van der Waals surface area contributed by atoms with E-state index in [1.165, 1.54) is 10.6 Å². The van der Waals surface area contributed by atoms with Crippen LogP contribution in [-0.4, -0.2) is 22.1 Å². The first-order valence-electron chi connectivity index (χ1n) is 5.26. The quantitative estimate of drug-likeness (QED) is 0.693. The van der Waals surface area contributed by atoms with Crippen LogP contribution in [0.25, 0.3) is 11.0 Å². The van der Waals surface area contributed by atoms with E-state index in [4.69, 9.17) is 17.0 Å². The highest BCUT2D eigenvalue weighted by atomic mass is 79.9. The Kier molecular flexibility index (Phi) is 3.82. The lowest BCUT2D eigenvalue weighted by Gasteiger charge is -2.04. The van der Waals surface area contributed by atoms with Crippen LogP contribution in [0, 0.1) is 10.6 Å². The van der Waals surface area contributed by atoms with Crippen LogP contribution in [0.1, 0.15) is 6.92 Å². The molecule has 0 spiro atoms. The molecule has 0 bridgehead atoms. The highest BCUT2D eigenvalue weighted by Crippen LogP contribution is 2.23. The van der Waals surface area contributed by atoms with Crippen molar-refractivity contribution in [1.29, 1.82) is 0 Å².